The van der Waals surface area contributed by atoms with E-state index in [-0.39, 0.29) is 23.3 Å². The van der Waals surface area contributed by atoms with Gasteiger partial charge in [-0.2, -0.15) is 0 Å². The predicted molar refractivity (Wildman–Crippen MR) is 118 cm³/mol. The van der Waals surface area contributed by atoms with Gasteiger partial charge in [0.15, 0.2) is 0 Å². The number of rotatable bonds is 4. The molecule has 3 rings (SSSR count). The molecule has 1 fully saturated rings. The third-order valence-electron chi connectivity index (χ3n) is 5.33. The highest BCUT2D eigenvalue weighted by Gasteiger charge is 2.27. The molecule has 0 unspecified atom stereocenters. The first-order valence-electron chi connectivity index (χ1n) is 10.6. The van der Waals surface area contributed by atoms with Gasteiger partial charge in [-0.1, -0.05) is 6.07 Å². The number of nitrogen functional groups attached to an aromatic ring is 1. The van der Waals surface area contributed by atoms with Crippen molar-refractivity contribution in [3.05, 3.63) is 41.5 Å². The summed E-state index contributed by atoms with van der Waals surface area (Å²) in [5.41, 5.74) is 6.88. The summed E-state index contributed by atoms with van der Waals surface area (Å²) in [5.74, 6) is -1.13. The number of carbonyl (C=O) groups is 2. The van der Waals surface area contributed by atoms with Gasteiger partial charge in [0.2, 0.25) is 0 Å². The molecule has 2 aromatic rings. The minimum Gasteiger partial charge on any atom is -0.465 e. The van der Waals surface area contributed by atoms with E-state index in [1.54, 1.807) is 12.3 Å². The maximum absolute atomic E-state index is 14.4. The number of benzene rings is 1. The predicted octanol–water partition coefficient (Wildman–Crippen LogP) is 4.20. The lowest BCUT2D eigenvalue weighted by atomic mass is 9.84. The van der Waals surface area contributed by atoms with Crippen LogP contribution in [0.4, 0.5) is 15.0 Å². The smallest absolute Gasteiger partial charge is 0.407 e. The highest BCUT2D eigenvalue weighted by atomic mass is 19.1. The van der Waals surface area contributed by atoms with E-state index in [4.69, 9.17) is 10.5 Å². The summed E-state index contributed by atoms with van der Waals surface area (Å²) in [6, 6.07) is 4.17. The zero-order valence-electron chi connectivity index (χ0n) is 18.8. The summed E-state index contributed by atoms with van der Waals surface area (Å²) in [6.45, 7) is 5.49. The molecule has 0 atom stereocenters. The Balaban J connectivity index is 1.70. The number of nitrogens with two attached hydrogens (primary N) is 1. The molecule has 0 saturated heterocycles. The molecule has 8 nitrogen and oxygen atoms in total. The summed E-state index contributed by atoms with van der Waals surface area (Å²) in [7, 11) is 1.19. The third kappa shape index (κ3) is 5.72. The Hall–Kier alpha value is -3.23. The average molecular weight is 445 g/mol. The molecule has 1 saturated carbocycles. The summed E-state index contributed by atoms with van der Waals surface area (Å²) in [6.07, 6.45) is 4.43. The molecule has 9 heteroatoms. The Labute approximate surface area is 186 Å². The number of halogens is 1. The lowest BCUT2D eigenvalue weighted by Crippen LogP contribution is -2.40. The van der Waals surface area contributed by atoms with E-state index in [9.17, 15) is 14.0 Å². The minimum absolute atomic E-state index is 0.0438. The molecule has 1 aromatic heterocycles. The molecular formula is C23H29FN4O4. The summed E-state index contributed by atoms with van der Waals surface area (Å²) in [5, 5.41) is 2.92. The monoisotopic (exact) mass is 444 g/mol. The Bertz CT molecular complexity index is 998. The highest BCUT2D eigenvalue weighted by Crippen LogP contribution is 2.34. The van der Waals surface area contributed by atoms with Crippen LogP contribution >= 0.6 is 0 Å². The largest absolute Gasteiger partial charge is 0.465 e. The molecule has 0 radical (unpaired) electrons. The van der Waals surface area contributed by atoms with Gasteiger partial charge in [-0.25, -0.2) is 23.9 Å². The lowest BCUT2D eigenvalue weighted by molar-refractivity contribution is 0.0490. The molecule has 3 N–H and O–H groups in total. The summed E-state index contributed by atoms with van der Waals surface area (Å²) < 4.78 is 24.3. The van der Waals surface area contributed by atoms with Gasteiger partial charge in [-0.15, -0.1) is 0 Å². The third-order valence-corrected chi connectivity index (χ3v) is 5.33. The van der Waals surface area contributed by atoms with Crippen molar-refractivity contribution in [2.45, 2.75) is 64.0 Å². The van der Waals surface area contributed by atoms with Crippen molar-refractivity contribution in [3.63, 3.8) is 0 Å². The van der Waals surface area contributed by atoms with Crippen LogP contribution in [0.25, 0.3) is 11.3 Å². The van der Waals surface area contributed by atoms with E-state index in [0.29, 0.717) is 11.3 Å². The number of amides is 1. The Kier molecular flexibility index (Phi) is 6.96. The van der Waals surface area contributed by atoms with E-state index in [1.165, 1.54) is 19.2 Å². The zero-order valence-corrected chi connectivity index (χ0v) is 18.8. The molecule has 0 spiro atoms. The Morgan fingerprint density at radius 1 is 1.19 bits per heavy atom. The van der Waals surface area contributed by atoms with Crippen molar-refractivity contribution in [3.8, 4) is 11.3 Å². The lowest BCUT2D eigenvalue weighted by Gasteiger charge is -2.30. The molecule has 0 bridgehead atoms. The van der Waals surface area contributed by atoms with E-state index < -0.39 is 23.5 Å². The van der Waals surface area contributed by atoms with E-state index in [2.05, 4.69) is 20.0 Å². The Morgan fingerprint density at radius 3 is 2.47 bits per heavy atom. The van der Waals surface area contributed by atoms with Crippen LogP contribution in [0.2, 0.25) is 0 Å². The topological polar surface area (TPSA) is 116 Å². The molecule has 0 aliphatic heterocycles. The van der Waals surface area contributed by atoms with Gasteiger partial charge in [0.1, 0.15) is 22.9 Å². The molecule has 1 aliphatic carbocycles. The van der Waals surface area contributed by atoms with Gasteiger partial charge in [0.25, 0.3) is 0 Å². The van der Waals surface area contributed by atoms with Crippen LogP contribution in [-0.2, 0) is 9.47 Å². The fourth-order valence-corrected chi connectivity index (χ4v) is 3.77. The van der Waals surface area contributed by atoms with Crippen molar-refractivity contribution in [1.82, 2.24) is 15.3 Å². The van der Waals surface area contributed by atoms with Crippen molar-refractivity contribution < 1.29 is 23.5 Å². The highest BCUT2D eigenvalue weighted by molar-refractivity contribution is 5.90. The number of aromatic nitrogens is 2. The van der Waals surface area contributed by atoms with Gasteiger partial charge >= 0.3 is 12.1 Å². The van der Waals surface area contributed by atoms with Crippen molar-refractivity contribution >= 4 is 17.9 Å². The van der Waals surface area contributed by atoms with Crippen molar-refractivity contribution in [1.29, 1.82) is 0 Å². The van der Waals surface area contributed by atoms with Gasteiger partial charge < -0.3 is 20.5 Å². The normalized spacial score (nSPS) is 18.7. The number of esters is 1. The first-order chi connectivity index (χ1) is 15.1. The second-order valence-electron chi connectivity index (χ2n) is 8.91. The van der Waals surface area contributed by atoms with Crippen LogP contribution in [0.15, 0.2) is 24.4 Å². The standard InChI is InChI=1S/C23H29FN4O4/c1-23(2,3)32-22(30)27-15-8-5-13(6-9-15)18-12-26-20(25)19(28-18)14-7-10-16(17(24)11-14)21(29)31-4/h7,10-13,15H,5-6,8-9H2,1-4H3,(H2,25,26)(H,27,30). The maximum Gasteiger partial charge on any atom is 0.407 e. The van der Waals surface area contributed by atoms with Gasteiger partial charge in [-0.3, -0.25) is 0 Å². The maximum atomic E-state index is 14.4. The molecule has 1 aliphatic rings. The number of ether oxygens (including phenoxy) is 2. The number of alkyl carbamates (subject to hydrolysis) is 1. The minimum atomic E-state index is -0.751. The van der Waals surface area contributed by atoms with Crippen LogP contribution in [0, 0.1) is 5.82 Å². The van der Waals surface area contributed by atoms with E-state index >= 15 is 0 Å². The first-order valence-corrected chi connectivity index (χ1v) is 10.6. The average Bonchev–Trinajstić information content (AvgIpc) is 2.72. The number of methoxy groups -OCH3 is 1. The summed E-state index contributed by atoms with van der Waals surface area (Å²) >= 11 is 0. The van der Waals surface area contributed by atoms with Gasteiger partial charge in [0.05, 0.1) is 24.6 Å². The van der Waals surface area contributed by atoms with Crippen LogP contribution in [-0.4, -0.2) is 40.8 Å². The molecule has 1 amide bonds. The quantitative estimate of drug-likeness (QED) is 0.679. The number of anilines is 1. The van der Waals surface area contributed by atoms with Crippen molar-refractivity contribution in [2.75, 3.05) is 12.8 Å². The van der Waals surface area contributed by atoms with Crippen LogP contribution in [0.1, 0.15) is 68.4 Å². The number of nitrogens with zero attached hydrogens (tertiary/aromatic N) is 2. The molecule has 172 valence electrons. The molecule has 1 heterocycles. The van der Waals surface area contributed by atoms with E-state index in [0.717, 1.165) is 31.4 Å². The zero-order chi connectivity index (χ0) is 23.5. The SMILES string of the molecule is COC(=O)c1ccc(-c2nc(C3CCC(NC(=O)OC(C)(C)C)CC3)cnc2N)cc1F. The molecule has 32 heavy (non-hydrogen) atoms. The number of hydrogen-bond acceptors (Lipinski definition) is 7. The molecule has 1 aromatic carbocycles. The fourth-order valence-electron chi connectivity index (χ4n) is 3.77. The second kappa shape index (κ2) is 9.50. The summed E-state index contributed by atoms with van der Waals surface area (Å²) in [4.78, 5) is 32.5. The molecular weight excluding hydrogens is 415 g/mol. The van der Waals surface area contributed by atoms with Crippen LogP contribution in [0.3, 0.4) is 0 Å². The second-order valence-corrected chi connectivity index (χ2v) is 8.91. The van der Waals surface area contributed by atoms with Crippen LogP contribution < -0.4 is 11.1 Å². The fraction of sp³-hybridized carbons (Fsp3) is 0.478. The number of nitrogens with one attached hydrogen (secondary N) is 1. The van der Waals surface area contributed by atoms with Gasteiger partial charge in [0, 0.05) is 17.5 Å². The van der Waals surface area contributed by atoms with Crippen molar-refractivity contribution in [2.24, 2.45) is 0 Å². The van der Waals surface area contributed by atoms with Gasteiger partial charge in [-0.05, 0) is 58.6 Å². The van der Waals surface area contributed by atoms with Crippen LogP contribution in [0.5, 0.6) is 0 Å². The number of hydrogen-bond donors (Lipinski definition) is 2. The first kappa shape index (κ1) is 23.4. The Morgan fingerprint density at radius 2 is 1.88 bits per heavy atom. The van der Waals surface area contributed by atoms with E-state index in [1.807, 2.05) is 20.8 Å². The number of carbonyl (C=O) groups excluding carboxylic acids is 2.